The van der Waals surface area contributed by atoms with Crippen LogP contribution in [0.2, 0.25) is 0 Å². The number of nitrogens with one attached hydrogen (secondary N) is 2. The van der Waals surface area contributed by atoms with Crippen molar-refractivity contribution in [2.24, 2.45) is 0 Å². The number of likely N-dealkylation sites (N-methyl/N-ethyl adjacent to an activating group) is 1. The lowest BCUT2D eigenvalue weighted by atomic mass is 10.0. The fourth-order valence-corrected chi connectivity index (χ4v) is 2.84. The highest BCUT2D eigenvalue weighted by molar-refractivity contribution is 6.10. The van der Waals surface area contributed by atoms with Gasteiger partial charge < -0.3 is 15.2 Å². The Bertz CT molecular complexity index is 1070. The molecule has 3 rings (SSSR count). The zero-order valence-electron chi connectivity index (χ0n) is 14.4. The summed E-state index contributed by atoms with van der Waals surface area (Å²) in [4.78, 5) is 41.1. The SMILES string of the molecule is CN(C)CCNC(=O)c1ccc([N+](=O)[O-])c2c(=O)c3ccccc3[nH]c12. The van der Waals surface area contributed by atoms with E-state index >= 15 is 0 Å². The summed E-state index contributed by atoms with van der Waals surface area (Å²) in [6.07, 6.45) is 0. The van der Waals surface area contributed by atoms with E-state index in [-0.39, 0.29) is 22.2 Å². The Morgan fingerprint density at radius 3 is 2.65 bits per heavy atom. The third-order valence-corrected chi connectivity index (χ3v) is 4.13. The van der Waals surface area contributed by atoms with Crippen LogP contribution in [0.4, 0.5) is 5.69 Å². The predicted molar refractivity (Wildman–Crippen MR) is 99.6 cm³/mol. The van der Waals surface area contributed by atoms with Gasteiger partial charge in [-0.05, 0) is 32.3 Å². The van der Waals surface area contributed by atoms with Gasteiger partial charge in [0.2, 0.25) is 5.43 Å². The minimum Gasteiger partial charge on any atom is -0.353 e. The average Bonchev–Trinajstić information content (AvgIpc) is 2.60. The minimum absolute atomic E-state index is 0.0889. The molecule has 1 amide bonds. The summed E-state index contributed by atoms with van der Waals surface area (Å²) in [7, 11) is 3.77. The van der Waals surface area contributed by atoms with E-state index in [2.05, 4.69) is 10.3 Å². The fraction of sp³-hybridized carbons (Fsp3) is 0.222. The van der Waals surface area contributed by atoms with Crippen molar-refractivity contribution in [2.75, 3.05) is 27.2 Å². The Hall–Kier alpha value is -3.26. The molecule has 8 nitrogen and oxygen atoms in total. The standard InChI is InChI=1S/C18H18N4O4/c1-21(2)10-9-19-18(24)12-7-8-14(22(25)26)15-16(12)20-13-6-4-3-5-11(13)17(15)23/h3-8H,9-10H2,1-2H3,(H,19,24)(H,20,23). The zero-order chi connectivity index (χ0) is 18.8. The normalized spacial score (nSPS) is 11.2. The van der Waals surface area contributed by atoms with Crippen molar-refractivity contribution in [3.8, 4) is 0 Å². The lowest BCUT2D eigenvalue weighted by molar-refractivity contribution is -0.383. The van der Waals surface area contributed by atoms with Gasteiger partial charge in [-0.25, -0.2) is 0 Å². The third kappa shape index (κ3) is 3.14. The van der Waals surface area contributed by atoms with E-state index in [1.807, 2.05) is 19.0 Å². The van der Waals surface area contributed by atoms with Crippen LogP contribution in [0.5, 0.6) is 0 Å². The molecule has 0 aliphatic rings. The average molecular weight is 354 g/mol. The molecule has 0 saturated carbocycles. The molecule has 2 N–H and O–H groups in total. The number of aromatic amines is 1. The van der Waals surface area contributed by atoms with E-state index < -0.39 is 16.3 Å². The van der Waals surface area contributed by atoms with Crippen LogP contribution in [0, 0.1) is 10.1 Å². The van der Waals surface area contributed by atoms with Gasteiger partial charge in [-0.3, -0.25) is 19.7 Å². The highest BCUT2D eigenvalue weighted by atomic mass is 16.6. The van der Waals surface area contributed by atoms with Crippen LogP contribution in [-0.4, -0.2) is 47.9 Å². The first kappa shape index (κ1) is 17.6. The van der Waals surface area contributed by atoms with E-state index in [0.29, 0.717) is 24.0 Å². The van der Waals surface area contributed by atoms with Gasteiger partial charge in [0.15, 0.2) is 0 Å². The van der Waals surface area contributed by atoms with Crippen LogP contribution < -0.4 is 10.7 Å². The van der Waals surface area contributed by atoms with Gasteiger partial charge in [-0.15, -0.1) is 0 Å². The minimum atomic E-state index is -0.611. The molecule has 1 heterocycles. The highest BCUT2D eigenvalue weighted by Crippen LogP contribution is 2.26. The molecule has 0 aliphatic heterocycles. The molecule has 0 fully saturated rings. The van der Waals surface area contributed by atoms with E-state index in [4.69, 9.17) is 0 Å². The van der Waals surface area contributed by atoms with Crippen molar-refractivity contribution in [1.29, 1.82) is 0 Å². The van der Waals surface area contributed by atoms with Crippen molar-refractivity contribution in [2.45, 2.75) is 0 Å². The molecular weight excluding hydrogens is 336 g/mol. The number of aromatic nitrogens is 1. The quantitative estimate of drug-likeness (QED) is 0.413. The second kappa shape index (κ2) is 6.93. The predicted octanol–water partition coefficient (Wildman–Crippen LogP) is 1.88. The second-order valence-corrected chi connectivity index (χ2v) is 6.20. The van der Waals surface area contributed by atoms with Gasteiger partial charge in [0.1, 0.15) is 5.39 Å². The molecule has 1 aromatic heterocycles. The van der Waals surface area contributed by atoms with Crippen LogP contribution in [0.25, 0.3) is 21.8 Å². The maximum atomic E-state index is 12.8. The number of H-pyrrole nitrogens is 1. The van der Waals surface area contributed by atoms with Crippen LogP contribution in [0.3, 0.4) is 0 Å². The van der Waals surface area contributed by atoms with E-state index in [9.17, 15) is 19.7 Å². The molecule has 0 atom stereocenters. The Kier molecular flexibility index (Phi) is 4.68. The van der Waals surface area contributed by atoms with Gasteiger partial charge in [-0.1, -0.05) is 12.1 Å². The summed E-state index contributed by atoms with van der Waals surface area (Å²) in [5.74, 6) is -0.391. The number of nitro groups is 1. The molecule has 134 valence electrons. The Morgan fingerprint density at radius 1 is 1.23 bits per heavy atom. The summed E-state index contributed by atoms with van der Waals surface area (Å²) in [5, 5.41) is 14.4. The molecule has 2 aromatic carbocycles. The van der Waals surface area contributed by atoms with Crippen molar-refractivity contribution < 1.29 is 9.72 Å². The summed E-state index contributed by atoms with van der Waals surface area (Å²) < 4.78 is 0. The number of fused-ring (bicyclic) bond motifs is 2. The molecule has 0 aliphatic carbocycles. The van der Waals surface area contributed by atoms with Crippen LogP contribution in [0.15, 0.2) is 41.2 Å². The largest absolute Gasteiger partial charge is 0.353 e. The van der Waals surface area contributed by atoms with Gasteiger partial charge in [0, 0.05) is 30.1 Å². The van der Waals surface area contributed by atoms with Gasteiger partial charge in [-0.2, -0.15) is 0 Å². The number of rotatable bonds is 5. The summed E-state index contributed by atoms with van der Waals surface area (Å²) in [6, 6.07) is 9.30. The summed E-state index contributed by atoms with van der Waals surface area (Å²) in [6.45, 7) is 1.07. The van der Waals surface area contributed by atoms with E-state index in [1.165, 1.54) is 12.1 Å². The first-order chi connectivity index (χ1) is 12.4. The third-order valence-electron chi connectivity index (χ3n) is 4.13. The van der Waals surface area contributed by atoms with Gasteiger partial charge >= 0.3 is 0 Å². The van der Waals surface area contributed by atoms with Gasteiger partial charge in [0.05, 0.1) is 16.0 Å². The Balaban J connectivity index is 2.22. The molecule has 8 heteroatoms. The number of nitro benzene ring substituents is 1. The first-order valence-corrected chi connectivity index (χ1v) is 8.05. The van der Waals surface area contributed by atoms with Gasteiger partial charge in [0.25, 0.3) is 11.6 Å². The van der Waals surface area contributed by atoms with Crippen LogP contribution in [0.1, 0.15) is 10.4 Å². The summed E-state index contributed by atoms with van der Waals surface area (Å²) >= 11 is 0. The number of carbonyl (C=O) groups is 1. The maximum absolute atomic E-state index is 12.8. The number of hydrogen-bond acceptors (Lipinski definition) is 5. The molecular formula is C18H18N4O4. The smallest absolute Gasteiger partial charge is 0.282 e. The molecule has 0 bridgehead atoms. The van der Waals surface area contributed by atoms with Crippen molar-refractivity contribution in [1.82, 2.24) is 15.2 Å². The molecule has 0 spiro atoms. The number of para-hydroxylation sites is 1. The molecule has 0 unspecified atom stereocenters. The number of carbonyl (C=O) groups excluding carboxylic acids is 1. The fourth-order valence-electron chi connectivity index (χ4n) is 2.84. The molecule has 26 heavy (non-hydrogen) atoms. The van der Waals surface area contributed by atoms with Crippen molar-refractivity contribution >= 4 is 33.4 Å². The Labute approximate surface area is 148 Å². The maximum Gasteiger partial charge on any atom is 0.282 e. The molecule has 0 saturated heterocycles. The molecule has 3 aromatic rings. The van der Waals surface area contributed by atoms with Crippen molar-refractivity contribution in [3.05, 3.63) is 62.3 Å². The Morgan fingerprint density at radius 2 is 1.96 bits per heavy atom. The topological polar surface area (TPSA) is 108 Å². The van der Waals surface area contributed by atoms with Crippen LogP contribution >= 0.6 is 0 Å². The number of non-ortho nitro benzene ring substituents is 1. The second-order valence-electron chi connectivity index (χ2n) is 6.20. The lowest BCUT2D eigenvalue weighted by Crippen LogP contribution is -2.31. The zero-order valence-corrected chi connectivity index (χ0v) is 14.4. The van der Waals surface area contributed by atoms with E-state index in [0.717, 1.165) is 0 Å². The highest BCUT2D eigenvalue weighted by Gasteiger charge is 2.22. The monoisotopic (exact) mass is 354 g/mol. The van der Waals surface area contributed by atoms with Crippen molar-refractivity contribution in [3.63, 3.8) is 0 Å². The van der Waals surface area contributed by atoms with Crippen LogP contribution in [-0.2, 0) is 0 Å². The first-order valence-electron chi connectivity index (χ1n) is 8.05. The number of benzene rings is 2. The number of pyridine rings is 1. The lowest BCUT2D eigenvalue weighted by Gasteiger charge is -2.12. The van der Waals surface area contributed by atoms with E-state index in [1.54, 1.807) is 24.3 Å². The number of hydrogen-bond donors (Lipinski definition) is 2. The summed E-state index contributed by atoms with van der Waals surface area (Å²) in [5.41, 5.74) is 0.103. The molecule has 0 radical (unpaired) electrons. The number of amides is 1. The number of nitrogens with zero attached hydrogens (tertiary/aromatic N) is 2.